The fourth-order valence-electron chi connectivity index (χ4n) is 0.624. The largest absolute Gasteiger partial charge is 0.391 e. The third-order valence-electron chi connectivity index (χ3n) is 1.14. The van der Waals surface area contributed by atoms with E-state index in [4.69, 9.17) is 0 Å². The van der Waals surface area contributed by atoms with Crippen LogP contribution >= 0.6 is 11.8 Å². The maximum atomic E-state index is 9.23. The number of likely N-dealkylation sites (N-methyl/N-ethyl adjacent to an activating group) is 1. The van der Waals surface area contributed by atoms with Crippen molar-refractivity contribution in [3.8, 4) is 0 Å². The van der Waals surface area contributed by atoms with Crippen LogP contribution in [0, 0.1) is 0 Å². The maximum Gasteiger partial charge on any atom is 0.0754 e. The van der Waals surface area contributed by atoms with Crippen molar-refractivity contribution in [2.45, 2.75) is 20.0 Å². The highest BCUT2D eigenvalue weighted by Crippen LogP contribution is 2.00. The van der Waals surface area contributed by atoms with Crippen molar-refractivity contribution in [2.24, 2.45) is 0 Å². The van der Waals surface area contributed by atoms with E-state index in [1.807, 2.05) is 6.92 Å². The fraction of sp³-hybridized carbons (Fsp3) is 1.00. The van der Waals surface area contributed by atoms with Gasteiger partial charge in [0.1, 0.15) is 0 Å². The molecular formula is C7H17NOS. The van der Waals surface area contributed by atoms with Gasteiger partial charge in [0.2, 0.25) is 0 Å². The predicted molar refractivity (Wildman–Crippen MR) is 47.5 cm³/mol. The fourth-order valence-corrected chi connectivity index (χ4v) is 1.25. The number of hydrogen-bond acceptors (Lipinski definition) is 3. The zero-order chi connectivity index (χ0) is 7.82. The van der Waals surface area contributed by atoms with Crippen LogP contribution in [0.15, 0.2) is 0 Å². The number of aliphatic hydroxyl groups is 1. The second-order valence-electron chi connectivity index (χ2n) is 2.12. The lowest BCUT2D eigenvalue weighted by Gasteiger charge is -2.08. The summed E-state index contributed by atoms with van der Waals surface area (Å²) < 4.78 is 0. The predicted octanol–water partition coefficient (Wildman–Crippen LogP) is 0.710. The lowest BCUT2D eigenvalue weighted by molar-refractivity contribution is 0.197. The number of aliphatic hydroxyl groups excluding tert-OH is 1. The molecule has 0 heterocycles. The lowest BCUT2D eigenvalue weighted by Crippen LogP contribution is -2.28. The summed E-state index contributed by atoms with van der Waals surface area (Å²) in [6.07, 6.45) is -0.176. The van der Waals surface area contributed by atoms with E-state index in [2.05, 4.69) is 12.2 Å². The summed E-state index contributed by atoms with van der Waals surface area (Å²) in [5.74, 6) is 1.94. The molecular weight excluding hydrogens is 146 g/mol. The van der Waals surface area contributed by atoms with Gasteiger partial charge in [0.05, 0.1) is 6.10 Å². The maximum absolute atomic E-state index is 9.23. The number of nitrogens with one attached hydrogen (secondary N) is 1. The minimum absolute atomic E-state index is 0.176. The van der Waals surface area contributed by atoms with Gasteiger partial charge in [0.25, 0.3) is 0 Å². The Morgan fingerprint density at radius 2 is 2.20 bits per heavy atom. The Bertz CT molecular complexity index is 62.6. The van der Waals surface area contributed by atoms with Crippen LogP contribution in [0.5, 0.6) is 0 Å². The number of rotatable bonds is 6. The van der Waals surface area contributed by atoms with Crippen molar-refractivity contribution < 1.29 is 5.11 Å². The number of hydrogen-bond donors (Lipinski definition) is 2. The summed E-state index contributed by atoms with van der Waals surface area (Å²) in [6, 6.07) is 0. The molecule has 0 bridgehead atoms. The van der Waals surface area contributed by atoms with Gasteiger partial charge >= 0.3 is 0 Å². The van der Waals surface area contributed by atoms with Crippen molar-refractivity contribution in [1.29, 1.82) is 0 Å². The van der Waals surface area contributed by atoms with Crippen LogP contribution in [-0.2, 0) is 0 Å². The Labute approximate surface area is 67.4 Å². The molecule has 0 aromatic carbocycles. The first kappa shape index (κ1) is 10.3. The van der Waals surface area contributed by atoms with E-state index < -0.39 is 0 Å². The minimum atomic E-state index is -0.176. The molecule has 3 heteroatoms. The Morgan fingerprint density at radius 3 is 2.70 bits per heavy atom. The Balaban J connectivity index is 3.00. The summed E-state index contributed by atoms with van der Waals surface area (Å²) in [6.45, 7) is 5.81. The molecule has 0 aromatic heterocycles. The molecule has 0 fully saturated rings. The van der Waals surface area contributed by atoms with Crippen LogP contribution in [0.2, 0.25) is 0 Å². The molecule has 0 aromatic rings. The van der Waals surface area contributed by atoms with Crippen LogP contribution in [-0.4, -0.2) is 35.8 Å². The molecule has 0 aliphatic carbocycles. The molecule has 0 aliphatic rings. The molecule has 0 radical (unpaired) electrons. The second-order valence-corrected chi connectivity index (χ2v) is 3.44. The van der Waals surface area contributed by atoms with E-state index in [0.717, 1.165) is 24.6 Å². The van der Waals surface area contributed by atoms with Crippen molar-refractivity contribution in [3.63, 3.8) is 0 Å². The summed E-state index contributed by atoms with van der Waals surface area (Å²) in [7, 11) is 0. The van der Waals surface area contributed by atoms with Gasteiger partial charge in [0.15, 0.2) is 0 Å². The Kier molecular flexibility index (Phi) is 7.58. The smallest absolute Gasteiger partial charge is 0.0754 e. The van der Waals surface area contributed by atoms with Crippen LogP contribution in [0.25, 0.3) is 0 Å². The van der Waals surface area contributed by atoms with Crippen molar-refractivity contribution >= 4 is 11.8 Å². The highest BCUT2D eigenvalue weighted by molar-refractivity contribution is 7.99. The first-order valence-corrected chi connectivity index (χ1v) is 4.93. The summed E-state index contributed by atoms with van der Waals surface area (Å²) >= 11 is 1.78. The summed E-state index contributed by atoms with van der Waals surface area (Å²) in [5, 5.41) is 12.3. The van der Waals surface area contributed by atoms with Gasteiger partial charge < -0.3 is 10.4 Å². The van der Waals surface area contributed by atoms with Crippen LogP contribution < -0.4 is 5.32 Å². The van der Waals surface area contributed by atoms with Crippen LogP contribution in [0.1, 0.15) is 13.8 Å². The normalized spacial score (nSPS) is 13.5. The second kappa shape index (κ2) is 7.38. The zero-order valence-electron chi connectivity index (χ0n) is 6.76. The summed E-state index contributed by atoms with van der Waals surface area (Å²) in [4.78, 5) is 0. The SMILES string of the molecule is CCNCC(O)CSCC. The average molecular weight is 163 g/mol. The van der Waals surface area contributed by atoms with E-state index in [1.54, 1.807) is 11.8 Å². The minimum Gasteiger partial charge on any atom is -0.391 e. The van der Waals surface area contributed by atoms with E-state index in [0.29, 0.717) is 0 Å². The van der Waals surface area contributed by atoms with Gasteiger partial charge in [-0.05, 0) is 12.3 Å². The van der Waals surface area contributed by atoms with Gasteiger partial charge in [-0.1, -0.05) is 13.8 Å². The van der Waals surface area contributed by atoms with Crippen LogP contribution in [0.3, 0.4) is 0 Å². The third kappa shape index (κ3) is 6.39. The Hall–Kier alpha value is 0.270. The third-order valence-corrected chi connectivity index (χ3v) is 2.17. The topological polar surface area (TPSA) is 32.3 Å². The zero-order valence-corrected chi connectivity index (χ0v) is 7.58. The van der Waals surface area contributed by atoms with Crippen LogP contribution in [0.4, 0.5) is 0 Å². The highest BCUT2D eigenvalue weighted by atomic mass is 32.2. The molecule has 0 aliphatic heterocycles. The molecule has 0 saturated heterocycles. The van der Waals surface area contributed by atoms with E-state index in [9.17, 15) is 5.11 Å². The van der Waals surface area contributed by atoms with Crippen molar-refractivity contribution in [1.82, 2.24) is 5.32 Å². The highest BCUT2D eigenvalue weighted by Gasteiger charge is 2.00. The molecule has 0 saturated carbocycles. The van der Waals surface area contributed by atoms with Gasteiger partial charge in [-0.3, -0.25) is 0 Å². The molecule has 2 nitrogen and oxygen atoms in total. The van der Waals surface area contributed by atoms with E-state index in [-0.39, 0.29) is 6.10 Å². The molecule has 2 N–H and O–H groups in total. The van der Waals surface area contributed by atoms with Crippen molar-refractivity contribution in [3.05, 3.63) is 0 Å². The van der Waals surface area contributed by atoms with Gasteiger partial charge in [-0.15, -0.1) is 0 Å². The molecule has 1 unspecified atom stereocenters. The quantitative estimate of drug-likeness (QED) is 0.605. The van der Waals surface area contributed by atoms with Gasteiger partial charge in [-0.2, -0.15) is 11.8 Å². The molecule has 0 spiro atoms. The molecule has 1 atom stereocenters. The van der Waals surface area contributed by atoms with E-state index in [1.165, 1.54) is 0 Å². The molecule has 10 heavy (non-hydrogen) atoms. The van der Waals surface area contributed by atoms with Gasteiger partial charge in [-0.25, -0.2) is 0 Å². The van der Waals surface area contributed by atoms with E-state index >= 15 is 0 Å². The Morgan fingerprint density at radius 1 is 1.50 bits per heavy atom. The monoisotopic (exact) mass is 163 g/mol. The molecule has 62 valence electrons. The van der Waals surface area contributed by atoms with Gasteiger partial charge in [0, 0.05) is 12.3 Å². The number of thioether (sulfide) groups is 1. The lowest BCUT2D eigenvalue weighted by atomic mass is 10.4. The van der Waals surface area contributed by atoms with Crippen molar-refractivity contribution in [2.75, 3.05) is 24.6 Å². The first-order valence-electron chi connectivity index (χ1n) is 3.77. The average Bonchev–Trinajstić information content (AvgIpc) is 1.97. The first-order chi connectivity index (χ1) is 4.81. The standard InChI is InChI=1S/C7H17NOS/c1-3-8-5-7(9)6-10-4-2/h7-9H,3-6H2,1-2H3. The molecule has 0 rings (SSSR count). The molecule has 0 amide bonds. The summed E-state index contributed by atoms with van der Waals surface area (Å²) in [5.41, 5.74) is 0.